The zero-order chi connectivity index (χ0) is 28.3. The molecular weight excluding hydrogens is 498 g/mol. The number of amidine groups is 1. The van der Waals surface area contributed by atoms with Gasteiger partial charge in [0, 0.05) is 16.7 Å². The van der Waals surface area contributed by atoms with Gasteiger partial charge < -0.3 is 4.90 Å². The van der Waals surface area contributed by atoms with Crippen molar-refractivity contribution in [3.8, 4) is 22.3 Å². The van der Waals surface area contributed by atoms with Gasteiger partial charge >= 0.3 is 0 Å². The van der Waals surface area contributed by atoms with Gasteiger partial charge in [-0.3, -0.25) is 0 Å². The zero-order valence-electron chi connectivity index (χ0n) is 24.3. The Bertz CT molecular complexity index is 1570. The fourth-order valence-electron chi connectivity index (χ4n) is 5.84. The van der Waals surface area contributed by atoms with Crippen molar-refractivity contribution in [3.63, 3.8) is 0 Å². The average Bonchev–Trinajstić information content (AvgIpc) is 3.46. The molecule has 0 saturated heterocycles. The molecule has 204 valence electrons. The summed E-state index contributed by atoms with van der Waals surface area (Å²) in [6.07, 6.45) is 0. The lowest BCUT2D eigenvalue weighted by Gasteiger charge is -2.29. The Balaban J connectivity index is 1.61. The Morgan fingerprint density at radius 3 is 1.39 bits per heavy atom. The predicted octanol–water partition coefficient (Wildman–Crippen LogP) is 9.91. The first-order chi connectivity index (χ1) is 20.0. The Kier molecular flexibility index (Phi) is 7.43. The normalized spacial score (nSPS) is 13.3. The lowest BCUT2D eigenvalue weighted by molar-refractivity contribution is 0.798. The summed E-state index contributed by atoms with van der Waals surface area (Å²) in [5.41, 5.74) is 10.9. The number of anilines is 2. The second kappa shape index (κ2) is 11.5. The molecule has 6 rings (SSSR count). The number of hydrazone groups is 1. The quantitative estimate of drug-likeness (QED) is 0.206. The summed E-state index contributed by atoms with van der Waals surface area (Å²) in [5.74, 6) is 1.72. The maximum Gasteiger partial charge on any atom is 0.162 e. The third-order valence-corrected chi connectivity index (χ3v) is 7.85. The number of benzene rings is 5. The molecule has 0 fully saturated rings. The first kappa shape index (κ1) is 26.6. The van der Waals surface area contributed by atoms with E-state index in [-0.39, 0.29) is 0 Å². The van der Waals surface area contributed by atoms with E-state index in [1.807, 2.05) is 0 Å². The number of nitrogens with zero attached hydrogens (tertiary/aromatic N) is 3. The first-order valence-corrected chi connectivity index (χ1v) is 14.6. The smallest absolute Gasteiger partial charge is 0.162 e. The van der Waals surface area contributed by atoms with E-state index in [9.17, 15) is 0 Å². The number of para-hydroxylation sites is 2. The van der Waals surface area contributed by atoms with Gasteiger partial charge in [-0.1, -0.05) is 155 Å². The molecule has 0 amide bonds. The largest absolute Gasteiger partial charge is 0.303 e. The van der Waals surface area contributed by atoms with E-state index in [1.54, 1.807) is 0 Å². The topological polar surface area (TPSA) is 18.8 Å². The van der Waals surface area contributed by atoms with Crippen LogP contribution in [0.4, 0.5) is 11.4 Å². The molecule has 41 heavy (non-hydrogen) atoms. The highest BCUT2D eigenvalue weighted by Gasteiger charge is 2.33. The van der Waals surface area contributed by atoms with Gasteiger partial charge in [-0.25, -0.2) is 5.01 Å². The lowest BCUT2D eigenvalue weighted by atomic mass is 9.92. The summed E-state index contributed by atoms with van der Waals surface area (Å²) in [5, 5.41) is 7.66. The van der Waals surface area contributed by atoms with Gasteiger partial charge in [0.2, 0.25) is 0 Å². The van der Waals surface area contributed by atoms with Crippen LogP contribution in [0, 0.1) is 0 Å². The minimum Gasteiger partial charge on any atom is -0.303 e. The molecule has 3 nitrogen and oxygen atoms in total. The highest BCUT2D eigenvalue weighted by atomic mass is 15.6. The molecule has 0 spiro atoms. The standard InChI is InChI=1S/C38H37N3/c1-27(2)32-22-14-23-33(28(3)4)37(32)41-26-40(38(39-41)31-20-12-7-13-21-31)36-34(29-16-8-5-9-17-29)24-15-25-35(36)30-18-10-6-11-19-30/h5-25,27-28H,26H2,1-4H3. The molecule has 0 atom stereocenters. The molecule has 3 heteroatoms. The maximum absolute atomic E-state index is 5.42. The minimum absolute atomic E-state index is 0.379. The van der Waals surface area contributed by atoms with Crippen molar-refractivity contribution in [1.82, 2.24) is 0 Å². The molecule has 0 aromatic heterocycles. The van der Waals surface area contributed by atoms with E-state index in [1.165, 1.54) is 44.8 Å². The Morgan fingerprint density at radius 1 is 0.488 bits per heavy atom. The van der Waals surface area contributed by atoms with E-state index < -0.39 is 0 Å². The van der Waals surface area contributed by atoms with Crippen LogP contribution in [0.25, 0.3) is 22.3 Å². The van der Waals surface area contributed by atoms with Crippen LogP contribution in [0.15, 0.2) is 132 Å². The zero-order valence-corrected chi connectivity index (χ0v) is 24.3. The molecule has 1 aliphatic rings. The monoisotopic (exact) mass is 535 g/mol. The van der Waals surface area contributed by atoms with Crippen LogP contribution < -0.4 is 9.91 Å². The van der Waals surface area contributed by atoms with Crippen LogP contribution >= 0.6 is 0 Å². The highest BCUT2D eigenvalue weighted by Crippen LogP contribution is 2.44. The minimum atomic E-state index is 0.379. The summed E-state index contributed by atoms with van der Waals surface area (Å²) >= 11 is 0. The van der Waals surface area contributed by atoms with Gasteiger partial charge in [0.1, 0.15) is 6.67 Å². The molecule has 0 unspecified atom stereocenters. The summed E-state index contributed by atoms with van der Waals surface area (Å²) in [6, 6.07) is 45.4. The third-order valence-electron chi connectivity index (χ3n) is 7.85. The number of rotatable bonds is 7. The van der Waals surface area contributed by atoms with Crippen molar-refractivity contribution in [2.75, 3.05) is 16.6 Å². The van der Waals surface area contributed by atoms with Crippen LogP contribution in [0.2, 0.25) is 0 Å². The van der Waals surface area contributed by atoms with Gasteiger partial charge in [-0.2, -0.15) is 5.10 Å². The van der Waals surface area contributed by atoms with Crippen molar-refractivity contribution >= 4 is 17.2 Å². The summed E-state index contributed by atoms with van der Waals surface area (Å²) in [6.45, 7) is 9.72. The van der Waals surface area contributed by atoms with E-state index >= 15 is 0 Å². The van der Waals surface area contributed by atoms with Crippen LogP contribution in [-0.4, -0.2) is 12.5 Å². The molecule has 0 bridgehead atoms. The van der Waals surface area contributed by atoms with Gasteiger partial charge in [0.15, 0.2) is 5.84 Å². The SMILES string of the molecule is CC(C)c1cccc(C(C)C)c1N1CN(c2c(-c3ccccc3)cccc2-c2ccccc2)C(c2ccccc2)=N1. The van der Waals surface area contributed by atoms with E-state index in [0.29, 0.717) is 18.5 Å². The number of hydrogen-bond donors (Lipinski definition) is 0. The van der Waals surface area contributed by atoms with Gasteiger partial charge in [-0.15, -0.1) is 0 Å². The second-order valence-electron chi connectivity index (χ2n) is 11.3. The molecule has 0 radical (unpaired) electrons. The maximum atomic E-state index is 5.42. The molecule has 0 aliphatic carbocycles. The third kappa shape index (κ3) is 5.16. The van der Waals surface area contributed by atoms with Gasteiger partial charge in [-0.05, 0) is 34.1 Å². The Morgan fingerprint density at radius 2 is 0.927 bits per heavy atom. The van der Waals surface area contributed by atoms with Crippen molar-refractivity contribution in [1.29, 1.82) is 0 Å². The molecule has 0 saturated carbocycles. The van der Waals surface area contributed by atoms with Crippen LogP contribution in [-0.2, 0) is 0 Å². The molecule has 1 aliphatic heterocycles. The van der Waals surface area contributed by atoms with Crippen molar-refractivity contribution in [3.05, 3.63) is 144 Å². The fourth-order valence-corrected chi connectivity index (χ4v) is 5.84. The lowest BCUT2D eigenvalue weighted by Crippen LogP contribution is -2.33. The van der Waals surface area contributed by atoms with E-state index in [0.717, 1.165) is 11.4 Å². The molecular formula is C38H37N3. The number of hydrogen-bond acceptors (Lipinski definition) is 3. The van der Waals surface area contributed by atoms with Crippen molar-refractivity contribution in [2.45, 2.75) is 39.5 Å². The molecule has 0 N–H and O–H groups in total. The Labute approximate surface area is 244 Å². The van der Waals surface area contributed by atoms with Crippen LogP contribution in [0.1, 0.15) is 56.2 Å². The first-order valence-electron chi connectivity index (χ1n) is 14.6. The second-order valence-corrected chi connectivity index (χ2v) is 11.3. The van der Waals surface area contributed by atoms with Crippen molar-refractivity contribution in [2.24, 2.45) is 5.10 Å². The average molecular weight is 536 g/mol. The fraction of sp³-hybridized carbons (Fsp3) is 0.184. The van der Waals surface area contributed by atoms with Crippen LogP contribution in [0.3, 0.4) is 0 Å². The van der Waals surface area contributed by atoms with Crippen molar-refractivity contribution < 1.29 is 0 Å². The van der Waals surface area contributed by atoms with Gasteiger partial charge in [0.25, 0.3) is 0 Å². The molecule has 5 aromatic rings. The predicted molar refractivity (Wildman–Crippen MR) is 175 cm³/mol. The molecule has 1 heterocycles. The molecule has 5 aromatic carbocycles. The summed E-state index contributed by atoms with van der Waals surface area (Å²) in [7, 11) is 0. The highest BCUT2D eigenvalue weighted by molar-refractivity contribution is 6.15. The van der Waals surface area contributed by atoms with E-state index in [2.05, 4.69) is 165 Å². The summed E-state index contributed by atoms with van der Waals surface area (Å²) in [4.78, 5) is 2.42. The van der Waals surface area contributed by atoms with Crippen LogP contribution in [0.5, 0.6) is 0 Å². The van der Waals surface area contributed by atoms with E-state index in [4.69, 9.17) is 5.10 Å². The summed E-state index contributed by atoms with van der Waals surface area (Å²) < 4.78 is 0. The van der Waals surface area contributed by atoms with Gasteiger partial charge in [0.05, 0.1) is 11.4 Å². The Hall–Kier alpha value is -4.63.